The number of methoxy groups -OCH3 is 1. The predicted octanol–water partition coefficient (Wildman–Crippen LogP) is 3.12. The number of nitrogens with zero attached hydrogens (tertiary/aromatic N) is 2. The smallest absolute Gasteiger partial charge is 0.406 e. The lowest BCUT2D eigenvalue weighted by Gasteiger charge is -2.23. The number of rotatable bonds is 10. The quantitative estimate of drug-likeness (QED) is 0.324. The van der Waals surface area contributed by atoms with E-state index >= 15 is 0 Å². The molecule has 3 amide bonds. The summed E-state index contributed by atoms with van der Waals surface area (Å²) in [6, 6.07) is 8.28. The third-order valence-corrected chi connectivity index (χ3v) is 4.83. The second-order valence-electron chi connectivity index (χ2n) is 7.29. The largest absolute Gasteiger partial charge is 0.492 e. The van der Waals surface area contributed by atoms with Gasteiger partial charge >= 0.3 is 12.1 Å². The number of ether oxygens (including phenoxy) is 2. The Kier molecular flexibility index (Phi) is 8.95. The van der Waals surface area contributed by atoms with Crippen LogP contribution in [0.15, 0.2) is 48.8 Å². The van der Waals surface area contributed by atoms with E-state index in [9.17, 15) is 23.5 Å². The van der Waals surface area contributed by atoms with E-state index in [1.807, 2.05) is 0 Å². The molecule has 0 aliphatic carbocycles. The van der Waals surface area contributed by atoms with Gasteiger partial charge in [-0.25, -0.2) is 18.4 Å². The van der Waals surface area contributed by atoms with Gasteiger partial charge in [-0.05, 0) is 29.8 Å². The number of aromatic amines is 1. The molecule has 12 heteroatoms. The summed E-state index contributed by atoms with van der Waals surface area (Å²) < 4.78 is 39.1. The summed E-state index contributed by atoms with van der Waals surface area (Å²) in [6.07, 6.45) is 2.08. The highest BCUT2D eigenvalue weighted by Gasteiger charge is 2.18. The number of halogens is 2. The van der Waals surface area contributed by atoms with E-state index in [0.717, 1.165) is 12.1 Å². The topological polar surface area (TPSA) is 129 Å². The van der Waals surface area contributed by atoms with Gasteiger partial charge in [0.1, 0.15) is 24.0 Å². The summed E-state index contributed by atoms with van der Waals surface area (Å²) in [5, 5.41) is 20.5. The van der Waals surface area contributed by atoms with E-state index in [1.165, 1.54) is 24.4 Å². The molecule has 1 heterocycles. The number of urea groups is 1. The Morgan fingerprint density at radius 1 is 1.20 bits per heavy atom. The van der Waals surface area contributed by atoms with Crippen LogP contribution < -0.4 is 15.4 Å². The van der Waals surface area contributed by atoms with Crippen LogP contribution in [0.5, 0.6) is 5.75 Å². The summed E-state index contributed by atoms with van der Waals surface area (Å²) in [4.78, 5) is 25.1. The number of carbonyl (C=O) groups is 2. The van der Waals surface area contributed by atoms with Gasteiger partial charge in [-0.2, -0.15) is 5.10 Å². The lowest BCUT2D eigenvalue weighted by atomic mass is 10.1. The molecule has 10 nitrogen and oxygen atoms in total. The fourth-order valence-electron chi connectivity index (χ4n) is 3.23. The molecule has 0 spiro atoms. The highest BCUT2D eigenvalue weighted by molar-refractivity contribution is 5.89. The van der Waals surface area contributed by atoms with E-state index in [4.69, 9.17) is 4.74 Å². The van der Waals surface area contributed by atoms with Crippen molar-refractivity contribution in [3.8, 4) is 16.9 Å². The zero-order valence-corrected chi connectivity index (χ0v) is 18.9. The second-order valence-corrected chi connectivity index (χ2v) is 7.29. The summed E-state index contributed by atoms with van der Waals surface area (Å²) in [6.45, 7) is 0.207. The van der Waals surface area contributed by atoms with E-state index < -0.39 is 23.8 Å². The first-order chi connectivity index (χ1) is 16.9. The van der Waals surface area contributed by atoms with Gasteiger partial charge in [0.05, 0.1) is 32.0 Å². The van der Waals surface area contributed by atoms with Crippen molar-refractivity contribution in [2.45, 2.75) is 6.54 Å². The molecule has 0 radical (unpaired) electrons. The molecule has 0 saturated heterocycles. The molecule has 0 saturated carbocycles. The van der Waals surface area contributed by atoms with Crippen molar-refractivity contribution in [3.63, 3.8) is 0 Å². The molecule has 0 atom stereocenters. The van der Waals surface area contributed by atoms with Crippen LogP contribution >= 0.6 is 0 Å². The minimum atomic E-state index is -0.859. The minimum absolute atomic E-state index is 0.0158. The fourth-order valence-corrected chi connectivity index (χ4v) is 3.23. The van der Waals surface area contributed by atoms with Gasteiger partial charge in [0, 0.05) is 30.5 Å². The minimum Gasteiger partial charge on any atom is -0.492 e. The number of nitrogens with one attached hydrogen (secondary N) is 3. The maximum Gasteiger partial charge on any atom is 0.406 e. The van der Waals surface area contributed by atoms with Gasteiger partial charge in [0.15, 0.2) is 0 Å². The molecule has 35 heavy (non-hydrogen) atoms. The van der Waals surface area contributed by atoms with Gasteiger partial charge < -0.3 is 30.1 Å². The van der Waals surface area contributed by atoms with Gasteiger partial charge in [-0.15, -0.1) is 0 Å². The number of hydrogen-bond donors (Lipinski definition) is 4. The van der Waals surface area contributed by atoms with Crippen molar-refractivity contribution in [1.29, 1.82) is 0 Å². The number of H-pyrrole nitrogens is 1. The maximum absolute atomic E-state index is 14.5. The van der Waals surface area contributed by atoms with E-state index in [0.29, 0.717) is 11.3 Å². The van der Waals surface area contributed by atoms with Crippen molar-refractivity contribution >= 4 is 17.8 Å². The molecular formula is C23H25F2N5O5. The van der Waals surface area contributed by atoms with Gasteiger partial charge in [0.25, 0.3) is 0 Å². The van der Waals surface area contributed by atoms with Crippen molar-refractivity contribution in [2.75, 3.05) is 38.7 Å². The van der Waals surface area contributed by atoms with Crippen molar-refractivity contribution < 1.29 is 33.0 Å². The molecule has 1 aromatic heterocycles. The van der Waals surface area contributed by atoms with Crippen molar-refractivity contribution in [1.82, 2.24) is 20.4 Å². The van der Waals surface area contributed by atoms with Crippen LogP contribution in [-0.2, 0) is 11.3 Å². The van der Waals surface area contributed by atoms with E-state index in [2.05, 4.69) is 25.6 Å². The number of anilines is 1. The number of amides is 3. The second kappa shape index (κ2) is 12.3. The molecule has 0 fully saturated rings. The third-order valence-electron chi connectivity index (χ3n) is 4.83. The van der Waals surface area contributed by atoms with E-state index in [1.54, 1.807) is 24.3 Å². The van der Waals surface area contributed by atoms with Crippen LogP contribution in [0.25, 0.3) is 11.1 Å². The van der Waals surface area contributed by atoms with Crippen LogP contribution in [-0.4, -0.2) is 65.7 Å². The fraction of sp³-hybridized carbons (Fsp3) is 0.261. The number of carbonyl (C=O) groups excluding carboxylic acids is 2. The van der Waals surface area contributed by atoms with Crippen molar-refractivity contribution in [2.24, 2.45) is 0 Å². The molecular weight excluding hydrogens is 464 g/mol. The van der Waals surface area contributed by atoms with Crippen LogP contribution in [0, 0.1) is 11.6 Å². The Hall–Kier alpha value is -4.19. The predicted molar refractivity (Wildman–Crippen MR) is 123 cm³/mol. The number of hydrogen-bond acceptors (Lipinski definition) is 6. The van der Waals surface area contributed by atoms with Gasteiger partial charge in [-0.3, -0.25) is 5.10 Å². The monoisotopic (exact) mass is 489 g/mol. The van der Waals surface area contributed by atoms with E-state index in [-0.39, 0.29) is 49.7 Å². The number of aliphatic hydroxyl groups is 1. The Bertz CT molecular complexity index is 1120. The summed E-state index contributed by atoms with van der Waals surface area (Å²) >= 11 is 0. The normalized spacial score (nSPS) is 10.5. The molecule has 0 bridgehead atoms. The summed E-state index contributed by atoms with van der Waals surface area (Å²) in [5.74, 6) is -1.21. The Morgan fingerprint density at radius 2 is 1.97 bits per heavy atom. The average molecular weight is 489 g/mol. The standard InChI is InChI=1S/C23H25F2N5O5/c1-34-23(33)26-5-8-35-18-4-2-3-15(9-18)14-30(6-7-31)22(32)29-17-10-19(24)21(20(25)11-17)16-12-27-28-13-16/h2-4,9-13,31H,5-8,14H2,1H3,(H,26,33)(H,27,28)(H,29,32). The Labute approximate surface area is 199 Å². The summed E-state index contributed by atoms with van der Waals surface area (Å²) in [7, 11) is 1.26. The van der Waals surface area contributed by atoms with Crippen LogP contribution in [0.4, 0.5) is 24.1 Å². The highest BCUT2D eigenvalue weighted by Crippen LogP contribution is 2.28. The first-order valence-corrected chi connectivity index (χ1v) is 10.6. The molecule has 186 valence electrons. The van der Waals surface area contributed by atoms with Crippen LogP contribution in [0.2, 0.25) is 0 Å². The maximum atomic E-state index is 14.5. The zero-order chi connectivity index (χ0) is 25.2. The molecule has 2 aromatic carbocycles. The lowest BCUT2D eigenvalue weighted by Crippen LogP contribution is -2.36. The lowest BCUT2D eigenvalue weighted by molar-refractivity contribution is 0.168. The highest BCUT2D eigenvalue weighted by atomic mass is 19.1. The first kappa shape index (κ1) is 25.4. The van der Waals surface area contributed by atoms with Gasteiger partial charge in [-0.1, -0.05) is 12.1 Å². The number of alkyl carbamates (subject to hydrolysis) is 1. The Morgan fingerprint density at radius 3 is 2.63 bits per heavy atom. The molecule has 0 aliphatic rings. The number of benzene rings is 2. The first-order valence-electron chi connectivity index (χ1n) is 10.6. The molecule has 0 unspecified atom stereocenters. The van der Waals surface area contributed by atoms with Gasteiger partial charge in [0.2, 0.25) is 0 Å². The molecule has 3 aromatic rings. The van der Waals surface area contributed by atoms with Crippen LogP contribution in [0.1, 0.15) is 5.56 Å². The third kappa shape index (κ3) is 7.14. The zero-order valence-electron chi connectivity index (χ0n) is 18.9. The number of aromatic nitrogens is 2. The summed E-state index contributed by atoms with van der Waals surface area (Å²) in [5.41, 5.74) is 0.598. The average Bonchev–Trinajstić information content (AvgIpc) is 3.35. The molecule has 0 aliphatic heterocycles. The van der Waals surface area contributed by atoms with Crippen molar-refractivity contribution in [3.05, 3.63) is 66.0 Å². The SMILES string of the molecule is COC(=O)NCCOc1cccc(CN(CCO)C(=O)Nc2cc(F)c(-c3cn[nH]c3)c(F)c2)c1. The Balaban J connectivity index is 1.64. The molecule has 4 N–H and O–H groups in total. The van der Waals surface area contributed by atoms with Crippen LogP contribution in [0.3, 0.4) is 0 Å². The molecule has 3 rings (SSSR count). The number of aliphatic hydroxyl groups excluding tert-OH is 1.